The quantitative estimate of drug-likeness (QED) is 0.770. The smallest absolute Gasteiger partial charge is 0.133 e. The summed E-state index contributed by atoms with van der Waals surface area (Å²) in [5.74, 6) is 0.508. The fraction of sp³-hybridized carbons (Fsp3) is 0.125. The molecular formula is C8H6Cl2N2O. The first-order valence-electron chi connectivity index (χ1n) is 3.65. The summed E-state index contributed by atoms with van der Waals surface area (Å²) in [6.45, 7) is -0.121. The van der Waals surface area contributed by atoms with Gasteiger partial charge in [0.1, 0.15) is 12.4 Å². The molecule has 0 saturated heterocycles. The molecule has 5 heteroatoms. The number of aromatic amines is 1. The Morgan fingerprint density at radius 1 is 1.31 bits per heavy atom. The minimum Gasteiger partial charge on any atom is -0.388 e. The van der Waals surface area contributed by atoms with E-state index >= 15 is 0 Å². The molecule has 1 aromatic heterocycles. The predicted octanol–water partition coefficient (Wildman–Crippen LogP) is 2.36. The van der Waals surface area contributed by atoms with Crippen molar-refractivity contribution in [3.8, 4) is 0 Å². The summed E-state index contributed by atoms with van der Waals surface area (Å²) in [5.41, 5.74) is 1.48. The first kappa shape index (κ1) is 8.81. The van der Waals surface area contributed by atoms with E-state index in [0.29, 0.717) is 21.4 Å². The number of halogens is 2. The molecule has 0 spiro atoms. The maximum absolute atomic E-state index is 8.82. The van der Waals surface area contributed by atoms with Crippen LogP contribution in [0.4, 0.5) is 0 Å². The molecule has 0 aliphatic rings. The number of nitrogens with one attached hydrogen (secondary N) is 1. The molecule has 0 aliphatic carbocycles. The highest BCUT2D eigenvalue weighted by Gasteiger charge is 2.05. The highest BCUT2D eigenvalue weighted by molar-refractivity contribution is 6.42. The molecule has 13 heavy (non-hydrogen) atoms. The number of fused-ring (bicyclic) bond motifs is 1. The van der Waals surface area contributed by atoms with Gasteiger partial charge in [0.2, 0.25) is 0 Å². The first-order chi connectivity index (χ1) is 6.20. The normalized spacial score (nSPS) is 11.0. The molecule has 0 saturated carbocycles. The molecule has 1 heterocycles. The minimum atomic E-state index is -0.121. The third-order valence-electron chi connectivity index (χ3n) is 1.72. The monoisotopic (exact) mass is 216 g/mol. The average Bonchev–Trinajstić information content (AvgIpc) is 2.48. The van der Waals surface area contributed by atoms with Crippen LogP contribution in [-0.4, -0.2) is 15.1 Å². The van der Waals surface area contributed by atoms with Crippen molar-refractivity contribution in [1.29, 1.82) is 0 Å². The van der Waals surface area contributed by atoms with E-state index in [1.54, 1.807) is 12.1 Å². The van der Waals surface area contributed by atoms with Crippen LogP contribution in [0.1, 0.15) is 5.82 Å². The van der Waals surface area contributed by atoms with Crippen LogP contribution in [0.5, 0.6) is 0 Å². The average molecular weight is 217 g/mol. The predicted molar refractivity (Wildman–Crippen MR) is 52.0 cm³/mol. The zero-order valence-electron chi connectivity index (χ0n) is 6.51. The highest BCUT2D eigenvalue weighted by atomic mass is 35.5. The molecule has 2 aromatic rings. The van der Waals surface area contributed by atoms with Gasteiger partial charge >= 0.3 is 0 Å². The lowest BCUT2D eigenvalue weighted by atomic mass is 10.3. The third-order valence-corrected chi connectivity index (χ3v) is 2.44. The number of rotatable bonds is 1. The fourth-order valence-corrected chi connectivity index (χ4v) is 1.45. The number of hydrogen-bond donors (Lipinski definition) is 2. The molecule has 1 aromatic carbocycles. The van der Waals surface area contributed by atoms with Crippen LogP contribution in [0.2, 0.25) is 10.0 Å². The van der Waals surface area contributed by atoms with E-state index in [1.807, 2.05) is 0 Å². The second-order valence-electron chi connectivity index (χ2n) is 2.63. The molecule has 68 valence electrons. The number of benzene rings is 1. The Balaban J connectivity index is 2.70. The summed E-state index contributed by atoms with van der Waals surface area (Å²) in [4.78, 5) is 6.99. The summed E-state index contributed by atoms with van der Waals surface area (Å²) < 4.78 is 0. The molecule has 0 aliphatic heterocycles. The van der Waals surface area contributed by atoms with E-state index in [1.165, 1.54) is 0 Å². The summed E-state index contributed by atoms with van der Waals surface area (Å²) in [5, 5.41) is 9.75. The summed E-state index contributed by atoms with van der Waals surface area (Å²) in [7, 11) is 0. The molecule has 0 fully saturated rings. The van der Waals surface area contributed by atoms with Crippen molar-refractivity contribution in [1.82, 2.24) is 9.97 Å². The lowest BCUT2D eigenvalue weighted by Crippen LogP contribution is -1.83. The van der Waals surface area contributed by atoms with Crippen molar-refractivity contribution < 1.29 is 5.11 Å². The number of H-pyrrole nitrogens is 1. The fourth-order valence-electron chi connectivity index (χ4n) is 1.13. The van der Waals surface area contributed by atoms with Gasteiger partial charge in [-0.25, -0.2) is 4.98 Å². The van der Waals surface area contributed by atoms with Crippen molar-refractivity contribution in [3.63, 3.8) is 0 Å². The van der Waals surface area contributed by atoms with Crippen LogP contribution >= 0.6 is 23.2 Å². The van der Waals surface area contributed by atoms with Gasteiger partial charge in [0, 0.05) is 0 Å². The first-order valence-corrected chi connectivity index (χ1v) is 4.41. The van der Waals surface area contributed by atoms with Gasteiger partial charge in [-0.1, -0.05) is 23.2 Å². The van der Waals surface area contributed by atoms with Gasteiger partial charge in [0.05, 0.1) is 21.1 Å². The van der Waals surface area contributed by atoms with E-state index in [4.69, 9.17) is 28.3 Å². The maximum atomic E-state index is 8.82. The number of nitrogens with zero attached hydrogens (tertiary/aromatic N) is 1. The van der Waals surface area contributed by atoms with E-state index in [-0.39, 0.29) is 6.61 Å². The van der Waals surface area contributed by atoms with Crippen molar-refractivity contribution in [2.45, 2.75) is 6.61 Å². The van der Waals surface area contributed by atoms with Crippen molar-refractivity contribution >= 4 is 34.2 Å². The third kappa shape index (κ3) is 1.50. The Hall–Kier alpha value is -0.770. The van der Waals surface area contributed by atoms with Crippen molar-refractivity contribution in [3.05, 3.63) is 28.0 Å². The van der Waals surface area contributed by atoms with Gasteiger partial charge in [-0.2, -0.15) is 0 Å². The Labute approximate surface area is 84.3 Å². The van der Waals surface area contributed by atoms with Crippen LogP contribution in [-0.2, 0) is 6.61 Å². The van der Waals surface area contributed by atoms with Gasteiger partial charge in [-0.05, 0) is 12.1 Å². The van der Waals surface area contributed by atoms with Crippen LogP contribution in [0.15, 0.2) is 12.1 Å². The largest absolute Gasteiger partial charge is 0.388 e. The van der Waals surface area contributed by atoms with E-state index in [2.05, 4.69) is 9.97 Å². The van der Waals surface area contributed by atoms with Crippen molar-refractivity contribution in [2.75, 3.05) is 0 Å². The number of aliphatic hydroxyl groups is 1. The van der Waals surface area contributed by atoms with Crippen LogP contribution in [0.25, 0.3) is 11.0 Å². The standard InChI is InChI=1S/C8H6Cl2N2O/c9-4-1-6-7(2-5(4)10)12-8(3-13)11-6/h1-2,13H,3H2,(H,11,12). The lowest BCUT2D eigenvalue weighted by molar-refractivity contribution is 0.273. The van der Waals surface area contributed by atoms with Crippen LogP contribution < -0.4 is 0 Å². The molecule has 0 atom stereocenters. The number of aliphatic hydroxyl groups excluding tert-OH is 1. The van der Waals surface area contributed by atoms with E-state index in [9.17, 15) is 0 Å². The highest BCUT2D eigenvalue weighted by Crippen LogP contribution is 2.26. The summed E-state index contributed by atoms with van der Waals surface area (Å²) in [6, 6.07) is 3.35. The zero-order chi connectivity index (χ0) is 9.42. The SMILES string of the molecule is OCc1nc2cc(Cl)c(Cl)cc2[nH]1. The summed E-state index contributed by atoms with van der Waals surface area (Å²) in [6.07, 6.45) is 0. The molecule has 2 rings (SSSR count). The molecule has 2 N–H and O–H groups in total. The minimum absolute atomic E-state index is 0.121. The number of hydrogen-bond acceptors (Lipinski definition) is 2. The van der Waals surface area contributed by atoms with Gasteiger partial charge in [-0.15, -0.1) is 0 Å². The second-order valence-corrected chi connectivity index (χ2v) is 3.44. The Morgan fingerprint density at radius 3 is 2.69 bits per heavy atom. The second kappa shape index (κ2) is 3.18. The van der Waals surface area contributed by atoms with Crippen LogP contribution in [0, 0.1) is 0 Å². The van der Waals surface area contributed by atoms with Gasteiger partial charge in [-0.3, -0.25) is 0 Å². The molecule has 0 radical (unpaired) electrons. The molecule has 0 amide bonds. The number of imidazole rings is 1. The van der Waals surface area contributed by atoms with E-state index < -0.39 is 0 Å². The van der Waals surface area contributed by atoms with Crippen LogP contribution in [0.3, 0.4) is 0 Å². The van der Waals surface area contributed by atoms with Crippen molar-refractivity contribution in [2.24, 2.45) is 0 Å². The number of aromatic nitrogens is 2. The Bertz CT molecular complexity index is 414. The van der Waals surface area contributed by atoms with Gasteiger partial charge in [0.15, 0.2) is 0 Å². The molecule has 0 unspecified atom stereocenters. The van der Waals surface area contributed by atoms with Gasteiger partial charge in [0.25, 0.3) is 0 Å². The topological polar surface area (TPSA) is 48.9 Å². The van der Waals surface area contributed by atoms with E-state index in [0.717, 1.165) is 5.52 Å². The van der Waals surface area contributed by atoms with Gasteiger partial charge < -0.3 is 10.1 Å². The zero-order valence-corrected chi connectivity index (χ0v) is 8.02. The molecule has 3 nitrogen and oxygen atoms in total. The Kier molecular flexibility index (Phi) is 2.15. The molecular weight excluding hydrogens is 211 g/mol. The maximum Gasteiger partial charge on any atom is 0.133 e. The molecule has 0 bridgehead atoms. The lowest BCUT2D eigenvalue weighted by Gasteiger charge is -1.93. The summed E-state index contributed by atoms with van der Waals surface area (Å²) >= 11 is 11.6. The Morgan fingerprint density at radius 2 is 2.00 bits per heavy atom.